The molecule has 3 aromatic carbocycles. The van der Waals surface area contributed by atoms with Gasteiger partial charge < -0.3 is 10.0 Å². The van der Waals surface area contributed by atoms with Crippen molar-refractivity contribution in [3.05, 3.63) is 102 Å². The summed E-state index contributed by atoms with van der Waals surface area (Å²) in [7, 11) is 2.01. The molecule has 0 saturated carbocycles. The fourth-order valence-corrected chi connectivity index (χ4v) is 2.89. The van der Waals surface area contributed by atoms with Crippen LogP contribution in [0.2, 0.25) is 0 Å². The molecular formula is C21H21NO. The molecular weight excluding hydrogens is 282 g/mol. The number of anilines is 1. The van der Waals surface area contributed by atoms with Crippen LogP contribution in [0, 0.1) is 0 Å². The Morgan fingerprint density at radius 2 is 1.09 bits per heavy atom. The highest BCUT2D eigenvalue weighted by Gasteiger charge is 2.32. The standard InChI is InChI=1S/C21H21NO/c1-22(20-15-9-4-10-16-20)17-21(23,18-11-5-2-6-12-18)19-13-7-3-8-14-19/h2-16,23H,17H2,1H3. The quantitative estimate of drug-likeness (QED) is 0.768. The van der Waals surface area contributed by atoms with E-state index in [1.807, 2.05) is 85.9 Å². The first kappa shape index (κ1) is 15.3. The van der Waals surface area contributed by atoms with E-state index >= 15 is 0 Å². The lowest BCUT2D eigenvalue weighted by Crippen LogP contribution is -2.40. The summed E-state index contributed by atoms with van der Waals surface area (Å²) in [5, 5.41) is 11.5. The highest BCUT2D eigenvalue weighted by molar-refractivity contribution is 5.48. The number of para-hydroxylation sites is 1. The van der Waals surface area contributed by atoms with Crippen LogP contribution in [0.25, 0.3) is 0 Å². The Morgan fingerprint density at radius 3 is 1.52 bits per heavy atom. The summed E-state index contributed by atoms with van der Waals surface area (Å²) in [6.45, 7) is 0.477. The molecule has 0 heterocycles. The van der Waals surface area contributed by atoms with E-state index in [-0.39, 0.29) is 0 Å². The summed E-state index contributed by atoms with van der Waals surface area (Å²) in [6, 6.07) is 29.8. The van der Waals surface area contributed by atoms with Gasteiger partial charge in [-0.2, -0.15) is 0 Å². The predicted octanol–water partition coefficient (Wildman–Crippen LogP) is 4.06. The molecule has 2 nitrogen and oxygen atoms in total. The first-order chi connectivity index (χ1) is 11.2. The molecule has 0 aliphatic rings. The van der Waals surface area contributed by atoms with Crippen LogP contribution < -0.4 is 4.90 Å². The maximum Gasteiger partial charge on any atom is 0.132 e. The van der Waals surface area contributed by atoms with Crippen molar-refractivity contribution in [1.82, 2.24) is 0 Å². The second kappa shape index (κ2) is 6.67. The van der Waals surface area contributed by atoms with E-state index in [9.17, 15) is 5.11 Å². The SMILES string of the molecule is CN(CC(O)(c1ccccc1)c1ccccc1)c1ccccc1. The molecule has 0 aliphatic heterocycles. The van der Waals surface area contributed by atoms with Crippen LogP contribution in [0.15, 0.2) is 91.0 Å². The van der Waals surface area contributed by atoms with E-state index < -0.39 is 5.60 Å². The average Bonchev–Trinajstić information content (AvgIpc) is 2.64. The van der Waals surface area contributed by atoms with Crippen LogP contribution in [-0.4, -0.2) is 18.7 Å². The molecule has 0 radical (unpaired) electrons. The third-order valence-corrected chi connectivity index (χ3v) is 4.17. The van der Waals surface area contributed by atoms with Crippen molar-refractivity contribution in [3.8, 4) is 0 Å². The minimum absolute atomic E-state index is 0.477. The van der Waals surface area contributed by atoms with Gasteiger partial charge in [-0.25, -0.2) is 0 Å². The summed E-state index contributed by atoms with van der Waals surface area (Å²) in [4.78, 5) is 2.08. The number of benzene rings is 3. The normalized spacial score (nSPS) is 11.2. The maximum atomic E-state index is 11.5. The Morgan fingerprint density at radius 1 is 0.696 bits per heavy atom. The molecule has 116 valence electrons. The molecule has 0 fully saturated rings. The van der Waals surface area contributed by atoms with Gasteiger partial charge in [-0.1, -0.05) is 78.9 Å². The fourth-order valence-electron chi connectivity index (χ4n) is 2.89. The molecule has 0 aromatic heterocycles. The molecule has 0 saturated heterocycles. The summed E-state index contributed by atoms with van der Waals surface area (Å²) in [5.41, 5.74) is 1.81. The molecule has 0 unspecified atom stereocenters. The van der Waals surface area contributed by atoms with Gasteiger partial charge in [-0.05, 0) is 23.3 Å². The van der Waals surface area contributed by atoms with Gasteiger partial charge in [-0.15, -0.1) is 0 Å². The highest BCUT2D eigenvalue weighted by Crippen LogP contribution is 2.31. The van der Waals surface area contributed by atoms with E-state index in [4.69, 9.17) is 0 Å². The molecule has 2 heteroatoms. The minimum atomic E-state index is -1.06. The van der Waals surface area contributed by atoms with E-state index in [0.717, 1.165) is 16.8 Å². The van der Waals surface area contributed by atoms with Crippen molar-refractivity contribution in [2.45, 2.75) is 5.60 Å². The molecule has 3 aromatic rings. The smallest absolute Gasteiger partial charge is 0.132 e. The molecule has 0 aliphatic carbocycles. The zero-order chi connectivity index (χ0) is 16.1. The van der Waals surface area contributed by atoms with Gasteiger partial charge in [0.15, 0.2) is 0 Å². The Hall–Kier alpha value is -2.58. The maximum absolute atomic E-state index is 11.5. The minimum Gasteiger partial charge on any atom is -0.379 e. The Labute approximate surface area is 137 Å². The summed E-state index contributed by atoms with van der Waals surface area (Å²) >= 11 is 0. The van der Waals surface area contributed by atoms with Gasteiger partial charge in [-0.3, -0.25) is 0 Å². The van der Waals surface area contributed by atoms with Crippen LogP contribution in [0.3, 0.4) is 0 Å². The van der Waals surface area contributed by atoms with E-state index in [2.05, 4.69) is 17.0 Å². The van der Waals surface area contributed by atoms with E-state index in [0.29, 0.717) is 6.54 Å². The highest BCUT2D eigenvalue weighted by atomic mass is 16.3. The van der Waals surface area contributed by atoms with Gasteiger partial charge in [0.25, 0.3) is 0 Å². The lowest BCUT2D eigenvalue weighted by molar-refractivity contribution is 0.0889. The first-order valence-electron chi connectivity index (χ1n) is 7.80. The number of hydrogen-bond donors (Lipinski definition) is 1. The van der Waals surface area contributed by atoms with Gasteiger partial charge in [0, 0.05) is 12.7 Å². The first-order valence-corrected chi connectivity index (χ1v) is 7.80. The molecule has 1 N–H and O–H groups in total. The third-order valence-electron chi connectivity index (χ3n) is 4.17. The fraction of sp³-hybridized carbons (Fsp3) is 0.143. The molecule has 0 atom stereocenters. The van der Waals surface area contributed by atoms with Crippen molar-refractivity contribution >= 4 is 5.69 Å². The van der Waals surface area contributed by atoms with E-state index in [1.54, 1.807) is 0 Å². The zero-order valence-electron chi connectivity index (χ0n) is 13.3. The van der Waals surface area contributed by atoms with Crippen LogP contribution in [-0.2, 0) is 5.60 Å². The molecule has 0 bridgehead atoms. The number of nitrogens with zero attached hydrogens (tertiary/aromatic N) is 1. The summed E-state index contributed by atoms with van der Waals surface area (Å²) in [6.07, 6.45) is 0. The van der Waals surface area contributed by atoms with Crippen molar-refractivity contribution in [1.29, 1.82) is 0 Å². The number of rotatable bonds is 5. The Bertz CT molecular complexity index is 686. The second-order valence-electron chi connectivity index (χ2n) is 5.78. The van der Waals surface area contributed by atoms with Gasteiger partial charge in [0.05, 0.1) is 6.54 Å². The number of likely N-dealkylation sites (N-methyl/N-ethyl adjacent to an activating group) is 1. The van der Waals surface area contributed by atoms with Crippen LogP contribution in [0.5, 0.6) is 0 Å². The van der Waals surface area contributed by atoms with Crippen molar-refractivity contribution < 1.29 is 5.11 Å². The summed E-state index contributed by atoms with van der Waals surface area (Å²) in [5.74, 6) is 0. The molecule has 0 spiro atoms. The largest absolute Gasteiger partial charge is 0.379 e. The third kappa shape index (κ3) is 3.27. The van der Waals surface area contributed by atoms with Gasteiger partial charge >= 0.3 is 0 Å². The second-order valence-corrected chi connectivity index (χ2v) is 5.78. The molecule has 3 rings (SSSR count). The lowest BCUT2D eigenvalue weighted by Gasteiger charge is -2.34. The molecule has 0 amide bonds. The Kier molecular flexibility index (Phi) is 4.45. The van der Waals surface area contributed by atoms with Crippen molar-refractivity contribution in [2.75, 3.05) is 18.5 Å². The topological polar surface area (TPSA) is 23.5 Å². The van der Waals surface area contributed by atoms with Crippen LogP contribution >= 0.6 is 0 Å². The van der Waals surface area contributed by atoms with E-state index in [1.165, 1.54) is 0 Å². The van der Waals surface area contributed by atoms with Crippen LogP contribution in [0.4, 0.5) is 5.69 Å². The number of hydrogen-bond acceptors (Lipinski definition) is 2. The van der Waals surface area contributed by atoms with Crippen molar-refractivity contribution in [3.63, 3.8) is 0 Å². The lowest BCUT2D eigenvalue weighted by atomic mass is 9.86. The number of aliphatic hydroxyl groups is 1. The van der Waals surface area contributed by atoms with Crippen molar-refractivity contribution in [2.24, 2.45) is 0 Å². The predicted molar refractivity (Wildman–Crippen MR) is 95.6 cm³/mol. The van der Waals surface area contributed by atoms with Gasteiger partial charge in [0.1, 0.15) is 5.60 Å². The van der Waals surface area contributed by atoms with Gasteiger partial charge in [0.2, 0.25) is 0 Å². The molecule has 23 heavy (non-hydrogen) atoms. The van der Waals surface area contributed by atoms with Crippen LogP contribution in [0.1, 0.15) is 11.1 Å². The monoisotopic (exact) mass is 303 g/mol. The average molecular weight is 303 g/mol. The Balaban J connectivity index is 2.00. The zero-order valence-corrected chi connectivity index (χ0v) is 13.3. The summed E-state index contributed by atoms with van der Waals surface area (Å²) < 4.78 is 0.